The van der Waals surface area contributed by atoms with Crippen LogP contribution in [0.3, 0.4) is 0 Å². The summed E-state index contributed by atoms with van der Waals surface area (Å²) in [5.74, 6) is 3.31. The number of nitrogens with one attached hydrogen (secondary N) is 2. The highest BCUT2D eigenvalue weighted by Gasteiger charge is 2.21. The van der Waals surface area contributed by atoms with E-state index in [-0.39, 0.29) is 6.10 Å². The number of hydrogen-bond acceptors (Lipinski definition) is 4. The van der Waals surface area contributed by atoms with Crippen LogP contribution in [-0.2, 0) is 17.7 Å². The van der Waals surface area contributed by atoms with Gasteiger partial charge in [0.05, 0.1) is 12.6 Å². The highest BCUT2D eigenvalue weighted by Crippen LogP contribution is 2.13. The highest BCUT2D eigenvalue weighted by atomic mass is 16.5. The van der Waals surface area contributed by atoms with E-state index in [0.29, 0.717) is 12.0 Å². The number of aromatic nitrogens is 3. The molecule has 1 aromatic rings. The van der Waals surface area contributed by atoms with Gasteiger partial charge >= 0.3 is 0 Å². The fraction of sp³-hybridized carbons (Fsp3) is 0.824. The first-order valence-electron chi connectivity index (χ1n) is 9.02. The van der Waals surface area contributed by atoms with Gasteiger partial charge in [0.15, 0.2) is 5.96 Å². The Labute approximate surface area is 145 Å². The second-order valence-corrected chi connectivity index (χ2v) is 6.66. The summed E-state index contributed by atoms with van der Waals surface area (Å²) in [6.45, 7) is 10.8. The van der Waals surface area contributed by atoms with Gasteiger partial charge in [0.2, 0.25) is 0 Å². The molecule has 1 aliphatic heterocycles. The molecule has 0 aromatic carbocycles. The number of fused-ring (bicyclic) bond motifs is 1. The standard InChI is InChI=1S/C17H32N6O/c1-6-24-15(12(2)3)9-10-19-17(18-5)21-14-7-8-16-20-13(4)22-23(16)11-14/h12,14-15H,6-11H2,1-5H3,(H2,18,19,21). The summed E-state index contributed by atoms with van der Waals surface area (Å²) in [7, 11) is 1.81. The van der Waals surface area contributed by atoms with E-state index in [2.05, 4.69) is 39.6 Å². The average Bonchev–Trinajstić information content (AvgIpc) is 2.92. The maximum Gasteiger partial charge on any atom is 0.191 e. The Morgan fingerprint density at radius 2 is 2.25 bits per heavy atom. The summed E-state index contributed by atoms with van der Waals surface area (Å²) in [6, 6.07) is 0.331. The number of hydrogen-bond donors (Lipinski definition) is 2. The van der Waals surface area contributed by atoms with Crippen LogP contribution in [0, 0.1) is 12.8 Å². The molecule has 1 aliphatic rings. The zero-order valence-electron chi connectivity index (χ0n) is 15.7. The molecule has 0 spiro atoms. The fourth-order valence-electron chi connectivity index (χ4n) is 3.10. The van der Waals surface area contributed by atoms with Crippen molar-refractivity contribution in [2.24, 2.45) is 10.9 Å². The third-order valence-electron chi connectivity index (χ3n) is 4.37. The minimum Gasteiger partial charge on any atom is -0.378 e. The lowest BCUT2D eigenvalue weighted by Crippen LogP contribution is -2.47. The fourth-order valence-corrected chi connectivity index (χ4v) is 3.10. The maximum absolute atomic E-state index is 5.79. The van der Waals surface area contributed by atoms with Crippen molar-refractivity contribution in [1.82, 2.24) is 25.4 Å². The van der Waals surface area contributed by atoms with E-state index in [4.69, 9.17) is 4.74 Å². The van der Waals surface area contributed by atoms with Crippen LogP contribution < -0.4 is 10.6 Å². The monoisotopic (exact) mass is 336 g/mol. The SMILES string of the molecule is CCOC(CCNC(=NC)NC1CCc2nc(C)nn2C1)C(C)C. The van der Waals surface area contributed by atoms with Crippen LogP contribution in [0.1, 0.15) is 45.3 Å². The summed E-state index contributed by atoms with van der Waals surface area (Å²) in [4.78, 5) is 8.79. The largest absolute Gasteiger partial charge is 0.378 e. The van der Waals surface area contributed by atoms with E-state index < -0.39 is 0 Å². The van der Waals surface area contributed by atoms with Gasteiger partial charge in [-0.05, 0) is 32.6 Å². The number of guanidine groups is 1. The van der Waals surface area contributed by atoms with Gasteiger partial charge < -0.3 is 15.4 Å². The molecule has 2 heterocycles. The van der Waals surface area contributed by atoms with E-state index in [0.717, 1.165) is 56.6 Å². The second-order valence-electron chi connectivity index (χ2n) is 6.66. The molecule has 2 N–H and O–H groups in total. The predicted octanol–water partition coefficient (Wildman–Crippen LogP) is 1.52. The van der Waals surface area contributed by atoms with Gasteiger partial charge in [-0.2, -0.15) is 5.10 Å². The molecule has 0 radical (unpaired) electrons. The van der Waals surface area contributed by atoms with E-state index in [1.54, 1.807) is 0 Å². The van der Waals surface area contributed by atoms with Gasteiger partial charge in [-0.1, -0.05) is 13.8 Å². The molecule has 2 unspecified atom stereocenters. The Kier molecular flexibility index (Phi) is 7.02. The molecule has 7 nitrogen and oxygen atoms in total. The van der Waals surface area contributed by atoms with E-state index in [1.807, 2.05) is 25.6 Å². The molecule has 2 atom stereocenters. The molecule has 0 saturated heterocycles. The number of ether oxygens (including phenoxy) is 1. The average molecular weight is 336 g/mol. The minimum atomic E-state index is 0.288. The van der Waals surface area contributed by atoms with Gasteiger partial charge in [0, 0.05) is 32.7 Å². The van der Waals surface area contributed by atoms with Crippen molar-refractivity contribution in [2.45, 2.75) is 65.6 Å². The van der Waals surface area contributed by atoms with Crippen molar-refractivity contribution in [1.29, 1.82) is 0 Å². The van der Waals surface area contributed by atoms with Gasteiger partial charge in [0.25, 0.3) is 0 Å². The second kappa shape index (κ2) is 9.01. The molecule has 1 aromatic heterocycles. The molecule has 2 rings (SSSR count). The van der Waals surface area contributed by atoms with E-state index in [9.17, 15) is 0 Å². The van der Waals surface area contributed by atoms with Crippen molar-refractivity contribution in [2.75, 3.05) is 20.2 Å². The normalized spacial score (nSPS) is 19.2. The number of aryl methyl sites for hydroxylation is 2. The van der Waals surface area contributed by atoms with Crippen LogP contribution in [0.4, 0.5) is 0 Å². The number of nitrogens with zero attached hydrogens (tertiary/aromatic N) is 4. The minimum absolute atomic E-state index is 0.288. The van der Waals surface area contributed by atoms with Crippen molar-refractivity contribution in [3.63, 3.8) is 0 Å². The van der Waals surface area contributed by atoms with Gasteiger partial charge in [0.1, 0.15) is 11.6 Å². The first-order valence-corrected chi connectivity index (χ1v) is 9.02. The lowest BCUT2D eigenvalue weighted by molar-refractivity contribution is 0.0258. The summed E-state index contributed by atoms with van der Waals surface area (Å²) in [6.07, 6.45) is 3.27. The van der Waals surface area contributed by atoms with Crippen LogP contribution in [0.2, 0.25) is 0 Å². The smallest absolute Gasteiger partial charge is 0.191 e. The van der Waals surface area contributed by atoms with Crippen molar-refractivity contribution < 1.29 is 4.74 Å². The Bertz CT molecular complexity index is 539. The molecule has 24 heavy (non-hydrogen) atoms. The Balaban J connectivity index is 1.78. The summed E-state index contributed by atoms with van der Waals surface area (Å²) in [5.41, 5.74) is 0. The maximum atomic E-state index is 5.79. The van der Waals surface area contributed by atoms with Crippen LogP contribution in [0.5, 0.6) is 0 Å². The van der Waals surface area contributed by atoms with E-state index >= 15 is 0 Å². The first-order chi connectivity index (χ1) is 11.5. The van der Waals surface area contributed by atoms with Crippen LogP contribution in [0.25, 0.3) is 0 Å². The zero-order valence-corrected chi connectivity index (χ0v) is 15.7. The molecule has 136 valence electrons. The van der Waals surface area contributed by atoms with E-state index in [1.165, 1.54) is 0 Å². The third-order valence-corrected chi connectivity index (χ3v) is 4.37. The Morgan fingerprint density at radius 1 is 1.46 bits per heavy atom. The molecular formula is C17H32N6O. The van der Waals surface area contributed by atoms with Gasteiger partial charge in [-0.3, -0.25) is 4.99 Å². The number of aliphatic imine (C=N–C) groups is 1. The molecule has 0 saturated carbocycles. The Hall–Kier alpha value is -1.63. The van der Waals surface area contributed by atoms with Crippen LogP contribution in [-0.4, -0.2) is 53.1 Å². The molecule has 7 heteroatoms. The molecule has 0 aliphatic carbocycles. The quantitative estimate of drug-likeness (QED) is 0.583. The van der Waals surface area contributed by atoms with Crippen LogP contribution in [0.15, 0.2) is 4.99 Å². The molecule has 0 fully saturated rings. The van der Waals surface area contributed by atoms with Crippen LogP contribution >= 0.6 is 0 Å². The first kappa shape index (κ1) is 18.7. The molecule has 0 amide bonds. The summed E-state index contributed by atoms with van der Waals surface area (Å²) in [5, 5.41) is 11.4. The van der Waals surface area contributed by atoms with Gasteiger partial charge in [-0.15, -0.1) is 0 Å². The summed E-state index contributed by atoms with van der Waals surface area (Å²) >= 11 is 0. The van der Waals surface area contributed by atoms with Crippen molar-refractivity contribution in [3.05, 3.63) is 11.6 Å². The Morgan fingerprint density at radius 3 is 2.92 bits per heavy atom. The van der Waals surface area contributed by atoms with Crippen molar-refractivity contribution in [3.8, 4) is 0 Å². The summed E-state index contributed by atoms with van der Waals surface area (Å²) < 4.78 is 7.80. The highest BCUT2D eigenvalue weighted by molar-refractivity contribution is 5.79. The predicted molar refractivity (Wildman–Crippen MR) is 96.2 cm³/mol. The number of rotatable bonds is 7. The molecular weight excluding hydrogens is 304 g/mol. The molecule has 0 bridgehead atoms. The topological polar surface area (TPSA) is 76.4 Å². The zero-order chi connectivity index (χ0) is 17.5. The lowest BCUT2D eigenvalue weighted by Gasteiger charge is -2.26. The van der Waals surface area contributed by atoms with Gasteiger partial charge in [-0.25, -0.2) is 9.67 Å². The van der Waals surface area contributed by atoms with Crippen molar-refractivity contribution >= 4 is 5.96 Å². The third kappa shape index (κ3) is 5.19. The lowest BCUT2D eigenvalue weighted by atomic mass is 10.0.